The first-order valence-corrected chi connectivity index (χ1v) is 11.9. The predicted molar refractivity (Wildman–Crippen MR) is 137 cm³/mol. The van der Waals surface area contributed by atoms with E-state index in [1.54, 1.807) is 36.4 Å². The molecule has 1 atom stereocenters. The van der Waals surface area contributed by atoms with Crippen molar-refractivity contribution in [2.24, 2.45) is 10.7 Å². The molecule has 184 valence electrons. The molecule has 2 amide bonds. The summed E-state index contributed by atoms with van der Waals surface area (Å²) in [4.78, 5) is 36.4. The van der Waals surface area contributed by atoms with E-state index in [2.05, 4.69) is 15.6 Å². The number of rotatable bonds is 8. The Balaban J connectivity index is 1.51. The van der Waals surface area contributed by atoms with Crippen molar-refractivity contribution in [1.29, 1.82) is 0 Å². The molecule has 2 aliphatic heterocycles. The number of nitrogen functional groups attached to an aromatic ring is 1. The Morgan fingerprint density at radius 3 is 2.71 bits per heavy atom. The number of nitrogens with zero attached hydrogens (tertiary/aromatic N) is 2. The van der Waals surface area contributed by atoms with Crippen molar-refractivity contribution < 1.29 is 14.4 Å². The fraction of sp³-hybridized carbons (Fsp3) is 0.346. The molecule has 2 heterocycles. The lowest BCUT2D eigenvalue weighted by molar-refractivity contribution is -0.187. The van der Waals surface area contributed by atoms with Crippen LogP contribution in [0, 0.1) is 0 Å². The molecule has 1 saturated heterocycles. The molecule has 9 nitrogen and oxygen atoms in total. The summed E-state index contributed by atoms with van der Waals surface area (Å²) in [5, 5.41) is 7.64. The summed E-state index contributed by atoms with van der Waals surface area (Å²) in [7, 11) is 0. The third-order valence-corrected chi connectivity index (χ3v) is 5.95. The van der Waals surface area contributed by atoms with Gasteiger partial charge in [-0.3, -0.25) is 14.4 Å². The maximum absolute atomic E-state index is 13.4. The van der Waals surface area contributed by atoms with Crippen LogP contribution in [0.4, 0.5) is 11.4 Å². The van der Waals surface area contributed by atoms with Gasteiger partial charge in [0.25, 0.3) is 11.8 Å². The van der Waals surface area contributed by atoms with Crippen molar-refractivity contribution in [3.8, 4) is 0 Å². The summed E-state index contributed by atoms with van der Waals surface area (Å²) in [6.45, 7) is 4.33. The van der Waals surface area contributed by atoms with Gasteiger partial charge in [0.05, 0.1) is 5.69 Å². The zero-order valence-electron chi connectivity index (χ0n) is 19.9. The average molecular weight is 477 g/mol. The summed E-state index contributed by atoms with van der Waals surface area (Å²) >= 11 is 0. The lowest BCUT2D eigenvalue weighted by Gasteiger charge is -2.22. The van der Waals surface area contributed by atoms with Gasteiger partial charge in [-0.2, -0.15) is 0 Å². The largest absolute Gasteiger partial charge is 0.399 e. The zero-order valence-corrected chi connectivity index (χ0v) is 19.9. The summed E-state index contributed by atoms with van der Waals surface area (Å²) in [5.74, 6) is -0.107. The molecule has 2 aliphatic rings. The van der Waals surface area contributed by atoms with Crippen LogP contribution in [-0.2, 0) is 16.2 Å². The minimum Gasteiger partial charge on any atom is -0.399 e. The van der Waals surface area contributed by atoms with Gasteiger partial charge in [0.2, 0.25) is 0 Å². The number of nitrogens with one attached hydrogen (secondary N) is 2. The molecule has 4 rings (SSSR count). The number of hydrogen-bond donors (Lipinski definition) is 4. The number of hydroxylamine groups is 2. The highest BCUT2D eigenvalue weighted by Crippen LogP contribution is 2.28. The van der Waals surface area contributed by atoms with Crippen LogP contribution in [0.5, 0.6) is 0 Å². The monoisotopic (exact) mass is 476 g/mol. The summed E-state index contributed by atoms with van der Waals surface area (Å²) in [6, 6.07) is 12.7. The molecule has 0 aromatic heterocycles. The number of benzene rings is 2. The van der Waals surface area contributed by atoms with Crippen LogP contribution in [0.2, 0.25) is 0 Å². The normalized spacial score (nSPS) is 17.1. The fourth-order valence-corrected chi connectivity index (χ4v) is 4.07. The molecular formula is C26H32N6O3. The molecule has 0 radical (unpaired) electrons. The lowest BCUT2D eigenvalue weighted by atomic mass is 10.0. The summed E-state index contributed by atoms with van der Waals surface area (Å²) in [6.07, 6.45) is 3.60. The van der Waals surface area contributed by atoms with E-state index in [0.29, 0.717) is 34.9 Å². The Labute approximate surface area is 205 Å². The van der Waals surface area contributed by atoms with Gasteiger partial charge in [-0.05, 0) is 55.3 Å². The number of hydrogen-bond acceptors (Lipinski definition) is 7. The minimum absolute atomic E-state index is 0.122. The van der Waals surface area contributed by atoms with Gasteiger partial charge >= 0.3 is 0 Å². The SMILES string of the molecule is CCCN(OCc1ccc(N)cc1)C(=O)C1=Cc2ccc(C(=O)NC3CCNC3)cc2N=C(N)C1. The maximum Gasteiger partial charge on any atom is 0.273 e. The molecule has 0 spiro atoms. The highest BCUT2D eigenvalue weighted by molar-refractivity contribution is 6.05. The first kappa shape index (κ1) is 24.4. The van der Waals surface area contributed by atoms with Crippen molar-refractivity contribution in [1.82, 2.24) is 15.7 Å². The Morgan fingerprint density at radius 2 is 2.00 bits per heavy atom. The van der Waals surface area contributed by atoms with Crippen molar-refractivity contribution >= 4 is 35.1 Å². The van der Waals surface area contributed by atoms with Gasteiger partial charge < -0.3 is 22.1 Å². The molecule has 0 bridgehead atoms. The van der Waals surface area contributed by atoms with Gasteiger partial charge in [0.15, 0.2) is 0 Å². The molecule has 0 saturated carbocycles. The summed E-state index contributed by atoms with van der Waals surface area (Å²) < 4.78 is 0. The van der Waals surface area contributed by atoms with E-state index in [0.717, 1.165) is 37.1 Å². The molecule has 2 aromatic rings. The van der Waals surface area contributed by atoms with E-state index >= 15 is 0 Å². The Bertz CT molecular complexity index is 1140. The number of carbonyl (C=O) groups is 2. The van der Waals surface area contributed by atoms with Crippen LogP contribution in [0.15, 0.2) is 53.0 Å². The maximum atomic E-state index is 13.4. The van der Waals surface area contributed by atoms with E-state index in [4.69, 9.17) is 16.3 Å². The second kappa shape index (κ2) is 11.2. The highest BCUT2D eigenvalue weighted by Gasteiger charge is 2.23. The Kier molecular flexibility index (Phi) is 7.79. The fourth-order valence-electron chi connectivity index (χ4n) is 4.07. The second-order valence-electron chi connectivity index (χ2n) is 8.81. The molecule has 9 heteroatoms. The van der Waals surface area contributed by atoms with Crippen molar-refractivity contribution in [3.05, 3.63) is 64.7 Å². The van der Waals surface area contributed by atoms with Crippen LogP contribution < -0.4 is 22.1 Å². The van der Waals surface area contributed by atoms with Gasteiger partial charge in [-0.15, -0.1) is 0 Å². The first-order valence-electron chi connectivity index (χ1n) is 11.9. The second-order valence-corrected chi connectivity index (χ2v) is 8.81. The average Bonchev–Trinajstić information content (AvgIpc) is 3.29. The predicted octanol–water partition coefficient (Wildman–Crippen LogP) is 2.51. The van der Waals surface area contributed by atoms with Gasteiger partial charge in [-0.25, -0.2) is 10.1 Å². The highest BCUT2D eigenvalue weighted by atomic mass is 16.7. The van der Waals surface area contributed by atoms with Crippen LogP contribution in [-0.4, -0.2) is 48.4 Å². The first-order chi connectivity index (χ1) is 16.9. The molecule has 1 fully saturated rings. The molecule has 1 unspecified atom stereocenters. The quantitative estimate of drug-likeness (QED) is 0.342. The number of carbonyl (C=O) groups excluding carboxylic acids is 2. The molecule has 2 aromatic carbocycles. The minimum atomic E-state index is -0.260. The number of fused-ring (bicyclic) bond motifs is 1. The van der Waals surface area contributed by atoms with Crippen LogP contribution in [0.25, 0.3) is 6.08 Å². The summed E-state index contributed by atoms with van der Waals surface area (Å²) in [5.41, 5.74) is 15.8. The molecule has 6 N–H and O–H groups in total. The standard InChI is InChI=1S/C26H32N6O3/c1-2-11-32(35-16-17-3-7-21(27)8-4-17)26(34)20-12-18-5-6-19(13-23(18)31-24(28)14-20)25(33)30-22-9-10-29-15-22/h3-8,12-13,22,29H,2,9-11,14-16,27H2,1H3,(H2,28,31)(H,30,33). The van der Waals surface area contributed by atoms with Crippen LogP contribution >= 0.6 is 0 Å². The van der Waals surface area contributed by atoms with Crippen LogP contribution in [0.1, 0.15) is 47.7 Å². The van der Waals surface area contributed by atoms with E-state index in [1.807, 2.05) is 19.1 Å². The topological polar surface area (TPSA) is 135 Å². The van der Waals surface area contributed by atoms with Gasteiger partial charge in [-0.1, -0.05) is 25.1 Å². The lowest BCUT2D eigenvalue weighted by Crippen LogP contribution is -2.36. The molecular weight excluding hydrogens is 444 g/mol. The number of anilines is 1. The third kappa shape index (κ3) is 6.26. The zero-order chi connectivity index (χ0) is 24.8. The van der Waals surface area contributed by atoms with Crippen LogP contribution in [0.3, 0.4) is 0 Å². The van der Waals surface area contributed by atoms with Crippen molar-refractivity contribution in [2.75, 3.05) is 25.4 Å². The molecule has 35 heavy (non-hydrogen) atoms. The number of nitrogens with two attached hydrogens (primary N) is 2. The molecule has 0 aliphatic carbocycles. The van der Waals surface area contributed by atoms with E-state index in [-0.39, 0.29) is 30.9 Å². The van der Waals surface area contributed by atoms with Crippen molar-refractivity contribution in [2.45, 2.75) is 38.8 Å². The number of aliphatic imine (C=N–C) groups is 1. The number of amides is 2. The van der Waals surface area contributed by atoms with Crippen molar-refractivity contribution in [3.63, 3.8) is 0 Å². The number of amidine groups is 1. The third-order valence-electron chi connectivity index (χ3n) is 5.95. The van der Waals surface area contributed by atoms with Gasteiger partial charge in [0, 0.05) is 47.9 Å². The van der Waals surface area contributed by atoms with E-state index in [1.165, 1.54) is 5.06 Å². The van der Waals surface area contributed by atoms with E-state index < -0.39 is 0 Å². The van der Waals surface area contributed by atoms with Gasteiger partial charge in [0.1, 0.15) is 12.4 Å². The smallest absolute Gasteiger partial charge is 0.273 e. The van der Waals surface area contributed by atoms with E-state index in [9.17, 15) is 9.59 Å². The Morgan fingerprint density at radius 1 is 1.20 bits per heavy atom. The Hall–Kier alpha value is -3.69.